The van der Waals surface area contributed by atoms with Gasteiger partial charge in [-0.15, -0.1) is 0 Å². The molecule has 4 N–H and O–H groups in total. The first-order valence-electron chi connectivity index (χ1n) is 20.9. The Morgan fingerprint density at radius 3 is 1.43 bits per heavy atom. The van der Waals surface area contributed by atoms with Gasteiger partial charge in [0.2, 0.25) is 11.9 Å². The van der Waals surface area contributed by atoms with Crippen molar-refractivity contribution >= 4 is 77.8 Å². The molecule has 2 aromatic carbocycles. The second kappa shape index (κ2) is 18.2. The fraction of sp³-hybridized carbons (Fsp3) is 0.261. The molecule has 0 aliphatic carbocycles. The van der Waals surface area contributed by atoms with Gasteiger partial charge < -0.3 is 31.1 Å². The van der Waals surface area contributed by atoms with Crippen LogP contribution in [0.4, 0.5) is 32.1 Å². The Labute approximate surface area is 396 Å². The van der Waals surface area contributed by atoms with Crippen molar-refractivity contribution in [2.45, 2.75) is 24.9 Å². The van der Waals surface area contributed by atoms with Gasteiger partial charge in [0.05, 0.1) is 44.7 Å². The lowest BCUT2D eigenvalue weighted by atomic mass is 9.87. The molecule has 0 bridgehead atoms. The van der Waals surface area contributed by atoms with Gasteiger partial charge >= 0.3 is 0 Å². The molecular weight excluding hydrogens is 982 g/mol. The molecule has 14 nitrogen and oxygen atoms in total. The van der Waals surface area contributed by atoms with Gasteiger partial charge in [-0.1, -0.05) is 35.9 Å². The van der Waals surface area contributed by atoms with Crippen LogP contribution in [0.3, 0.4) is 0 Å². The van der Waals surface area contributed by atoms with Crippen molar-refractivity contribution in [3.63, 3.8) is 0 Å². The molecule has 2 aliphatic rings. The number of benzene rings is 2. The Hall–Kier alpha value is -5.79. The SMILES string of the molecule is C[C@](N)(c1ccc(F)cc1)c1cnc(N2CCN(c3c(Cl)cnn4cc(Br)cc34)CC2)nc1.C[C@](N)(c1ccc(F)cc1)c1cnc(N2CCN(c3ccnn4cc(Br)cc34)CC2)nc1. The van der Waals surface area contributed by atoms with Crippen molar-refractivity contribution in [3.05, 3.63) is 164 Å². The van der Waals surface area contributed by atoms with E-state index < -0.39 is 11.1 Å². The maximum Gasteiger partial charge on any atom is 0.225 e. The third-order valence-corrected chi connectivity index (χ3v) is 13.3. The summed E-state index contributed by atoms with van der Waals surface area (Å²) in [7, 11) is 0. The van der Waals surface area contributed by atoms with E-state index in [2.05, 4.69) is 93.7 Å². The summed E-state index contributed by atoms with van der Waals surface area (Å²) in [6.45, 7) is 10.2. The van der Waals surface area contributed by atoms with E-state index in [0.717, 1.165) is 100 Å². The van der Waals surface area contributed by atoms with Crippen LogP contribution < -0.4 is 31.1 Å². The number of anilines is 4. The van der Waals surface area contributed by atoms with E-state index in [0.29, 0.717) is 16.9 Å². The van der Waals surface area contributed by atoms with E-state index in [9.17, 15) is 8.78 Å². The van der Waals surface area contributed by atoms with E-state index >= 15 is 0 Å². The Morgan fingerprint density at radius 1 is 0.538 bits per heavy atom. The minimum absolute atomic E-state index is 0.285. The lowest BCUT2D eigenvalue weighted by molar-refractivity contribution is 0.585. The van der Waals surface area contributed by atoms with Crippen LogP contribution in [-0.2, 0) is 11.1 Å². The summed E-state index contributed by atoms with van der Waals surface area (Å²) < 4.78 is 32.2. The van der Waals surface area contributed by atoms with E-state index in [4.69, 9.17) is 23.1 Å². The molecule has 0 saturated carbocycles. The molecule has 0 amide bonds. The molecule has 2 fully saturated rings. The minimum Gasteiger partial charge on any atom is -0.366 e. The van der Waals surface area contributed by atoms with Gasteiger partial charge in [0.1, 0.15) is 11.6 Å². The van der Waals surface area contributed by atoms with Crippen LogP contribution in [-0.4, -0.2) is 91.5 Å². The van der Waals surface area contributed by atoms with Gasteiger partial charge in [0.15, 0.2) is 0 Å². The number of nitrogens with two attached hydrogens (primary N) is 2. The molecule has 0 radical (unpaired) electrons. The maximum absolute atomic E-state index is 13.3. The molecule has 0 unspecified atom stereocenters. The lowest BCUT2D eigenvalue weighted by Crippen LogP contribution is -2.47. The zero-order chi connectivity index (χ0) is 45.5. The van der Waals surface area contributed by atoms with Crippen LogP contribution in [0.2, 0.25) is 5.02 Å². The van der Waals surface area contributed by atoms with Gasteiger partial charge in [-0.05, 0) is 99.3 Å². The van der Waals surface area contributed by atoms with Gasteiger partial charge in [-0.3, -0.25) is 0 Å². The normalized spacial score (nSPS) is 16.3. The summed E-state index contributed by atoms with van der Waals surface area (Å²) in [5.41, 5.74) is 18.8. The lowest BCUT2D eigenvalue weighted by Gasteiger charge is -2.36. The summed E-state index contributed by atoms with van der Waals surface area (Å²) in [5, 5.41) is 9.35. The summed E-state index contributed by atoms with van der Waals surface area (Å²) >= 11 is 13.6. The fourth-order valence-corrected chi connectivity index (χ4v) is 9.33. The molecule has 2 atom stereocenters. The van der Waals surface area contributed by atoms with Gasteiger partial charge in [0, 0.05) is 116 Å². The van der Waals surface area contributed by atoms with Crippen LogP contribution in [0.15, 0.2) is 125 Å². The largest absolute Gasteiger partial charge is 0.366 e. The van der Waals surface area contributed by atoms with Crippen molar-refractivity contribution < 1.29 is 8.78 Å². The van der Waals surface area contributed by atoms with E-state index in [1.54, 1.807) is 55.2 Å². The quantitative estimate of drug-likeness (QED) is 0.153. The first-order chi connectivity index (χ1) is 31.2. The highest BCUT2D eigenvalue weighted by molar-refractivity contribution is 9.10. The Kier molecular flexibility index (Phi) is 12.5. The topological polar surface area (TPSA) is 151 Å². The number of nitrogens with zero attached hydrogens (tertiary/aromatic N) is 12. The molecule has 10 rings (SSSR count). The number of hydrogen-bond acceptors (Lipinski definition) is 12. The van der Waals surface area contributed by atoms with Crippen molar-refractivity contribution in [1.82, 2.24) is 39.2 Å². The summed E-state index contributed by atoms with van der Waals surface area (Å²) in [6, 6.07) is 18.6. The number of piperazine rings is 2. The highest BCUT2D eigenvalue weighted by Gasteiger charge is 2.29. The maximum atomic E-state index is 13.3. The molecule has 2 saturated heterocycles. The van der Waals surface area contributed by atoms with Gasteiger partial charge in [-0.2, -0.15) is 10.2 Å². The van der Waals surface area contributed by atoms with Crippen LogP contribution in [0, 0.1) is 11.6 Å². The number of aromatic nitrogens is 8. The standard InChI is InChI=1S/C23H22BrClFN7.C23H23BrFN7/c1-23(27,15-2-4-18(26)5-3-15)16-11-28-22(29-12-16)32-8-6-31(7-9-32)21-19(25)13-30-33-14-17(24)10-20(21)33;1-23(26,16-2-4-19(25)5-3-16)17-13-27-22(28-14-17)31-10-8-30(9-11-31)20-6-7-29-32-15-18(24)12-21(20)32/h2-5,10-14H,6-9,27H2,1H3;2-7,12-15H,8-11,26H2,1H3/t2*23-/m00/s1. The predicted molar refractivity (Wildman–Crippen MR) is 258 cm³/mol. The Bertz CT molecular complexity index is 2910. The number of fused-ring (bicyclic) bond motifs is 2. The van der Waals surface area contributed by atoms with Crippen molar-refractivity contribution in [2.24, 2.45) is 11.5 Å². The number of halogens is 5. The van der Waals surface area contributed by atoms with Gasteiger partial charge in [0.25, 0.3) is 0 Å². The highest BCUT2D eigenvalue weighted by atomic mass is 79.9. The molecule has 8 heterocycles. The number of hydrogen-bond donors (Lipinski definition) is 2. The molecule has 2 aliphatic heterocycles. The smallest absolute Gasteiger partial charge is 0.225 e. The summed E-state index contributed by atoms with van der Waals surface area (Å²) in [4.78, 5) is 27.3. The summed E-state index contributed by atoms with van der Waals surface area (Å²) in [5.74, 6) is 0.768. The highest BCUT2D eigenvalue weighted by Crippen LogP contribution is 2.34. The summed E-state index contributed by atoms with van der Waals surface area (Å²) in [6.07, 6.45) is 14.4. The zero-order valence-corrected chi connectivity index (χ0v) is 39.5. The van der Waals surface area contributed by atoms with Crippen LogP contribution >= 0.6 is 43.5 Å². The van der Waals surface area contributed by atoms with Crippen LogP contribution in [0.5, 0.6) is 0 Å². The minimum atomic E-state index is -0.820. The van der Waals surface area contributed by atoms with E-state index in [1.165, 1.54) is 30.0 Å². The zero-order valence-electron chi connectivity index (χ0n) is 35.5. The van der Waals surface area contributed by atoms with Crippen molar-refractivity contribution in [2.75, 3.05) is 72.0 Å². The molecule has 8 aromatic rings. The fourth-order valence-electron chi connectivity index (χ4n) is 8.25. The molecular formula is C46H45Br2ClF2N14. The average Bonchev–Trinajstić information content (AvgIpc) is 3.90. The average molecular weight is 1030 g/mol. The van der Waals surface area contributed by atoms with E-state index in [1.807, 2.05) is 47.5 Å². The van der Waals surface area contributed by atoms with Crippen LogP contribution in [0.25, 0.3) is 11.0 Å². The third-order valence-electron chi connectivity index (χ3n) is 12.1. The monoisotopic (exact) mass is 1020 g/mol. The second-order valence-electron chi connectivity index (χ2n) is 16.4. The third kappa shape index (κ3) is 9.22. The number of rotatable bonds is 8. The molecule has 65 heavy (non-hydrogen) atoms. The van der Waals surface area contributed by atoms with Gasteiger partial charge in [-0.25, -0.2) is 37.7 Å². The molecule has 19 heteroatoms. The first kappa shape index (κ1) is 44.4. The Balaban J connectivity index is 0.000000164. The molecule has 0 spiro atoms. The predicted octanol–water partition coefficient (Wildman–Crippen LogP) is 7.80. The van der Waals surface area contributed by atoms with Crippen molar-refractivity contribution in [3.8, 4) is 0 Å². The molecule has 334 valence electrons. The van der Waals surface area contributed by atoms with Crippen molar-refractivity contribution in [1.29, 1.82) is 0 Å². The molecule has 6 aromatic heterocycles. The second-order valence-corrected chi connectivity index (χ2v) is 18.7. The van der Waals surface area contributed by atoms with E-state index in [-0.39, 0.29) is 11.6 Å². The first-order valence-corrected chi connectivity index (χ1v) is 22.9. The Morgan fingerprint density at radius 2 is 0.954 bits per heavy atom. The van der Waals surface area contributed by atoms with Crippen LogP contribution in [0.1, 0.15) is 36.1 Å².